The minimum absolute atomic E-state index is 0.150. The second-order valence-electron chi connectivity index (χ2n) is 7.62. The van der Waals surface area contributed by atoms with E-state index in [0.29, 0.717) is 0 Å². The van der Waals surface area contributed by atoms with E-state index < -0.39 is 62.8 Å². The van der Waals surface area contributed by atoms with Crippen LogP contribution in [-0.2, 0) is 18.6 Å². The molecule has 2 aliphatic heterocycles. The minimum Gasteiger partial charge on any atom is -0.387 e. The third-order valence-electron chi connectivity index (χ3n) is 4.99. The van der Waals surface area contributed by atoms with Crippen molar-refractivity contribution in [2.75, 3.05) is 13.2 Å². The summed E-state index contributed by atoms with van der Waals surface area (Å²) < 4.78 is 27.8. The number of nitrogens with zero attached hydrogens (tertiary/aromatic N) is 2. The molecule has 2 rings (SSSR count). The van der Waals surface area contributed by atoms with E-state index in [-0.39, 0.29) is 18.9 Å². The molecule has 2 heterocycles. The number of carbonyl (C=O) groups excluding carboxylic acids is 1. The van der Waals surface area contributed by atoms with Gasteiger partial charge in [0, 0.05) is 19.1 Å². The highest BCUT2D eigenvalue weighted by atomic mass is 31.2. The van der Waals surface area contributed by atoms with E-state index in [9.17, 15) is 29.6 Å². The topological polar surface area (TPSA) is 196 Å². The fourth-order valence-electron chi connectivity index (χ4n) is 3.37. The SMILES string of the molecule is CCOC(O)[C@H](C)NP(=O)(O)OC[C@H]1O[C@@H](N2C(=O)N=C(N)CC2C)[C@](C)(O)[C@@H]1O. The Morgan fingerprint density at radius 1 is 1.53 bits per heavy atom. The molecule has 0 aromatic heterocycles. The van der Waals surface area contributed by atoms with Crippen LogP contribution in [0.15, 0.2) is 4.99 Å². The fourth-order valence-corrected chi connectivity index (χ4v) is 4.44. The lowest BCUT2D eigenvalue weighted by Crippen LogP contribution is -2.58. The molecular formula is C16H31N4O9P. The van der Waals surface area contributed by atoms with Gasteiger partial charge in [-0.2, -0.15) is 4.99 Å². The zero-order valence-corrected chi connectivity index (χ0v) is 18.2. The zero-order chi connectivity index (χ0) is 22.9. The van der Waals surface area contributed by atoms with Gasteiger partial charge in [-0.3, -0.25) is 9.42 Å². The number of hydrogen-bond acceptors (Lipinski definition) is 9. The maximum Gasteiger partial charge on any atom is 0.403 e. The number of amides is 2. The lowest BCUT2D eigenvalue weighted by atomic mass is 9.95. The van der Waals surface area contributed by atoms with E-state index >= 15 is 0 Å². The van der Waals surface area contributed by atoms with Gasteiger partial charge in [-0.05, 0) is 27.7 Å². The molecule has 2 amide bonds. The van der Waals surface area contributed by atoms with E-state index in [1.807, 2.05) is 0 Å². The van der Waals surface area contributed by atoms with Crippen molar-refractivity contribution >= 4 is 19.6 Å². The molecule has 1 fully saturated rings. The van der Waals surface area contributed by atoms with E-state index in [4.69, 9.17) is 19.7 Å². The minimum atomic E-state index is -4.41. The first-order valence-corrected chi connectivity index (χ1v) is 11.1. The first-order chi connectivity index (χ1) is 13.8. The van der Waals surface area contributed by atoms with Crippen LogP contribution >= 0.6 is 7.75 Å². The van der Waals surface area contributed by atoms with Crippen LogP contribution in [-0.4, -0.2) is 92.6 Å². The van der Waals surface area contributed by atoms with Crippen molar-refractivity contribution in [1.82, 2.24) is 9.99 Å². The molecular weight excluding hydrogens is 423 g/mol. The van der Waals surface area contributed by atoms with Gasteiger partial charge in [-0.15, -0.1) is 0 Å². The van der Waals surface area contributed by atoms with Crippen LogP contribution in [0.25, 0.3) is 0 Å². The normalized spacial score (nSPS) is 36.3. The fraction of sp³-hybridized carbons (Fsp3) is 0.875. The van der Waals surface area contributed by atoms with Crippen LogP contribution in [0.4, 0.5) is 4.79 Å². The number of hydrogen-bond donors (Lipinski definition) is 6. The van der Waals surface area contributed by atoms with Crippen molar-refractivity contribution in [3.05, 3.63) is 0 Å². The third-order valence-corrected chi connectivity index (χ3v) is 6.23. The molecule has 13 nitrogen and oxygen atoms in total. The van der Waals surface area contributed by atoms with Gasteiger partial charge in [0.15, 0.2) is 12.5 Å². The van der Waals surface area contributed by atoms with E-state index in [1.54, 1.807) is 13.8 Å². The number of nitrogens with one attached hydrogen (secondary N) is 1. The number of amidine groups is 1. The number of aliphatic hydroxyl groups is 3. The molecule has 2 aliphatic rings. The summed E-state index contributed by atoms with van der Waals surface area (Å²) in [5, 5.41) is 33.1. The quantitative estimate of drug-likeness (QED) is 0.182. The Labute approximate surface area is 174 Å². The molecule has 174 valence electrons. The summed E-state index contributed by atoms with van der Waals surface area (Å²) in [6, 6.07) is -2.11. The summed E-state index contributed by atoms with van der Waals surface area (Å²) in [4.78, 5) is 27.1. The molecule has 3 unspecified atom stereocenters. The smallest absolute Gasteiger partial charge is 0.387 e. The molecule has 0 aromatic rings. The molecule has 0 aromatic carbocycles. The Balaban J connectivity index is 2.04. The van der Waals surface area contributed by atoms with Gasteiger partial charge in [0.25, 0.3) is 0 Å². The van der Waals surface area contributed by atoms with Crippen LogP contribution in [0.5, 0.6) is 0 Å². The maximum absolute atomic E-state index is 12.3. The number of ether oxygens (including phenoxy) is 2. The Morgan fingerprint density at radius 2 is 2.17 bits per heavy atom. The van der Waals surface area contributed by atoms with E-state index in [2.05, 4.69) is 10.1 Å². The molecule has 0 bridgehead atoms. The predicted octanol–water partition coefficient (Wildman–Crippen LogP) is -1.16. The highest BCUT2D eigenvalue weighted by molar-refractivity contribution is 7.50. The van der Waals surface area contributed by atoms with E-state index in [1.165, 1.54) is 13.8 Å². The van der Waals surface area contributed by atoms with Crippen molar-refractivity contribution in [1.29, 1.82) is 0 Å². The Kier molecular flexibility index (Phi) is 8.00. The monoisotopic (exact) mass is 454 g/mol. The summed E-state index contributed by atoms with van der Waals surface area (Å²) in [7, 11) is -4.41. The number of nitrogens with two attached hydrogens (primary N) is 1. The Morgan fingerprint density at radius 3 is 2.73 bits per heavy atom. The number of aliphatic imine (C=N–C) groups is 1. The van der Waals surface area contributed by atoms with Crippen molar-refractivity contribution in [2.45, 2.75) is 76.5 Å². The lowest BCUT2D eigenvalue weighted by molar-refractivity contribution is -0.126. The summed E-state index contributed by atoms with van der Waals surface area (Å²) >= 11 is 0. The van der Waals surface area contributed by atoms with Gasteiger partial charge in [0.1, 0.15) is 23.6 Å². The van der Waals surface area contributed by atoms with Crippen molar-refractivity contribution in [3.63, 3.8) is 0 Å². The largest absolute Gasteiger partial charge is 0.403 e. The van der Waals surface area contributed by atoms with Crippen LogP contribution in [0.2, 0.25) is 0 Å². The molecule has 30 heavy (non-hydrogen) atoms. The van der Waals surface area contributed by atoms with Gasteiger partial charge in [0.2, 0.25) is 0 Å². The van der Waals surface area contributed by atoms with Crippen LogP contribution in [0.1, 0.15) is 34.1 Å². The summed E-state index contributed by atoms with van der Waals surface area (Å²) in [5.41, 5.74) is 3.71. The first-order valence-electron chi connectivity index (χ1n) is 9.56. The molecule has 1 saturated heterocycles. The molecule has 0 spiro atoms. The Hall–Kier alpha value is -1.15. The number of carbonyl (C=O) groups is 1. The average Bonchev–Trinajstić information content (AvgIpc) is 2.83. The molecule has 0 aliphatic carbocycles. The first kappa shape index (κ1) is 25.1. The molecule has 8 atom stereocenters. The van der Waals surface area contributed by atoms with Gasteiger partial charge >= 0.3 is 13.8 Å². The second-order valence-corrected chi connectivity index (χ2v) is 9.18. The van der Waals surface area contributed by atoms with Gasteiger partial charge < -0.3 is 35.4 Å². The van der Waals surface area contributed by atoms with Crippen LogP contribution in [0.3, 0.4) is 0 Å². The predicted molar refractivity (Wildman–Crippen MR) is 104 cm³/mol. The molecule has 0 saturated carbocycles. The van der Waals surface area contributed by atoms with Gasteiger partial charge in [-0.1, -0.05) is 0 Å². The van der Waals surface area contributed by atoms with Crippen molar-refractivity contribution in [2.24, 2.45) is 10.7 Å². The van der Waals surface area contributed by atoms with Crippen LogP contribution in [0, 0.1) is 0 Å². The zero-order valence-electron chi connectivity index (χ0n) is 17.3. The number of rotatable bonds is 9. The summed E-state index contributed by atoms with van der Waals surface area (Å²) in [6.07, 6.45) is -5.10. The van der Waals surface area contributed by atoms with Crippen molar-refractivity contribution < 1.29 is 43.6 Å². The summed E-state index contributed by atoms with van der Waals surface area (Å²) in [6.45, 7) is 5.66. The molecule has 7 N–H and O–H groups in total. The number of aliphatic hydroxyl groups excluding tert-OH is 2. The second kappa shape index (κ2) is 9.55. The van der Waals surface area contributed by atoms with Gasteiger partial charge in [-0.25, -0.2) is 14.4 Å². The summed E-state index contributed by atoms with van der Waals surface area (Å²) in [5.74, 6) is 0.150. The number of urea groups is 1. The van der Waals surface area contributed by atoms with E-state index in [0.717, 1.165) is 4.90 Å². The molecule has 14 heteroatoms. The van der Waals surface area contributed by atoms with Gasteiger partial charge in [0.05, 0.1) is 12.6 Å². The lowest BCUT2D eigenvalue weighted by Gasteiger charge is -2.39. The molecule has 0 radical (unpaired) electrons. The standard InChI is InChI=1S/C16H31N4O9P/c1-5-27-13(22)9(3)19-30(25,26)28-7-10-12(21)16(4,24)14(29-10)20-8(2)6-11(17)18-15(20)23/h8-10,12-14,21-22,24H,5-7H2,1-4H3,(H2,17,18,23)(H2,19,25,26)/t8?,9-,10+,12+,13?,14+,16+/m0/s1. The highest BCUT2D eigenvalue weighted by Gasteiger charge is 2.57. The average molecular weight is 454 g/mol. The van der Waals surface area contributed by atoms with Crippen molar-refractivity contribution in [3.8, 4) is 0 Å². The highest BCUT2D eigenvalue weighted by Crippen LogP contribution is 2.41. The maximum atomic E-state index is 12.3. The third kappa shape index (κ3) is 5.55. The van der Waals surface area contributed by atoms with Crippen LogP contribution < -0.4 is 10.8 Å². The Bertz CT molecular complexity index is 706.